The standard InChI is InChI=1S/C34H33N3O3/c1-34(2)31(32(38)30-17-25-24-13-7-9-15-28(24)36-29(25)19-37(30)34)26(33(39)40-20-21-10-4-3-5-11-21)16-22-18-35-27-14-8-6-12-23(22)27/h3-15,18,26,30-31,35-36H,16-17,19-20H2,1-2H3/t26-,30+,31?/m1/s1. The maximum absolute atomic E-state index is 14.4. The molecule has 2 aromatic heterocycles. The van der Waals surface area contributed by atoms with Gasteiger partial charge in [0.25, 0.3) is 0 Å². The number of rotatable bonds is 6. The number of carbonyl (C=O) groups is 2. The Morgan fingerprint density at radius 2 is 1.68 bits per heavy atom. The van der Waals surface area contributed by atoms with Crippen LogP contribution in [0.1, 0.15) is 36.2 Å². The first-order valence-electron chi connectivity index (χ1n) is 14.1. The first-order valence-corrected chi connectivity index (χ1v) is 14.1. The Hall–Kier alpha value is -4.16. The van der Waals surface area contributed by atoms with Crippen molar-refractivity contribution in [1.82, 2.24) is 14.9 Å². The highest BCUT2D eigenvalue weighted by molar-refractivity contribution is 5.96. The number of benzene rings is 3. The van der Waals surface area contributed by atoms with Gasteiger partial charge in [-0.2, -0.15) is 0 Å². The molecule has 0 amide bonds. The fourth-order valence-electron chi connectivity index (χ4n) is 7.20. The molecule has 6 heteroatoms. The second kappa shape index (κ2) is 9.49. The fourth-order valence-corrected chi connectivity index (χ4v) is 7.20. The fraction of sp³-hybridized carbons (Fsp3) is 0.294. The van der Waals surface area contributed by atoms with E-state index in [9.17, 15) is 9.59 Å². The molecule has 2 N–H and O–H groups in total. The maximum Gasteiger partial charge on any atom is 0.310 e. The predicted octanol–water partition coefficient (Wildman–Crippen LogP) is 5.96. The van der Waals surface area contributed by atoms with Crippen LogP contribution in [-0.2, 0) is 40.3 Å². The van der Waals surface area contributed by atoms with Gasteiger partial charge >= 0.3 is 5.97 Å². The second-order valence-corrected chi connectivity index (χ2v) is 11.8. The summed E-state index contributed by atoms with van der Waals surface area (Å²) in [7, 11) is 0. The van der Waals surface area contributed by atoms with Crippen LogP contribution < -0.4 is 0 Å². The zero-order valence-corrected chi connectivity index (χ0v) is 22.8. The van der Waals surface area contributed by atoms with E-state index in [1.807, 2.05) is 66.9 Å². The third-order valence-electron chi connectivity index (χ3n) is 9.18. The summed E-state index contributed by atoms with van der Waals surface area (Å²) in [4.78, 5) is 37.5. The van der Waals surface area contributed by atoms with Gasteiger partial charge in [0.2, 0.25) is 0 Å². The van der Waals surface area contributed by atoms with Crippen LogP contribution in [0.15, 0.2) is 85.1 Å². The van der Waals surface area contributed by atoms with Crippen molar-refractivity contribution in [3.05, 3.63) is 107 Å². The Kier molecular flexibility index (Phi) is 5.90. The van der Waals surface area contributed by atoms with E-state index >= 15 is 0 Å². The van der Waals surface area contributed by atoms with E-state index in [-0.39, 0.29) is 24.4 Å². The van der Waals surface area contributed by atoms with E-state index in [1.54, 1.807) is 0 Å². The lowest BCUT2D eigenvalue weighted by Crippen LogP contribution is -2.49. The van der Waals surface area contributed by atoms with Gasteiger partial charge < -0.3 is 14.7 Å². The molecule has 2 aliphatic rings. The van der Waals surface area contributed by atoms with Crippen molar-refractivity contribution < 1.29 is 14.3 Å². The molecule has 1 unspecified atom stereocenters. The quantitative estimate of drug-likeness (QED) is 0.265. The lowest BCUT2D eigenvalue weighted by atomic mass is 9.74. The minimum atomic E-state index is -0.605. The normalized spacial score (nSPS) is 20.9. The van der Waals surface area contributed by atoms with E-state index in [1.165, 1.54) is 16.6 Å². The lowest BCUT2D eigenvalue weighted by molar-refractivity contribution is -0.155. The molecule has 0 saturated carbocycles. The summed E-state index contributed by atoms with van der Waals surface area (Å²) >= 11 is 0. The van der Waals surface area contributed by atoms with Gasteiger partial charge in [-0.1, -0.05) is 66.7 Å². The number of ketones is 1. The van der Waals surface area contributed by atoms with E-state index in [2.05, 4.69) is 46.9 Å². The Morgan fingerprint density at radius 1 is 0.975 bits per heavy atom. The Labute approximate surface area is 233 Å². The molecule has 0 radical (unpaired) electrons. The Bertz CT molecular complexity index is 1730. The largest absolute Gasteiger partial charge is 0.461 e. The smallest absolute Gasteiger partial charge is 0.310 e. The van der Waals surface area contributed by atoms with Gasteiger partial charge in [-0.15, -0.1) is 0 Å². The van der Waals surface area contributed by atoms with Gasteiger partial charge in [0.1, 0.15) is 6.61 Å². The Balaban J connectivity index is 1.24. The first kappa shape index (κ1) is 24.9. The summed E-state index contributed by atoms with van der Waals surface area (Å²) in [6.07, 6.45) is 3.06. The van der Waals surface area contributed by atoms with Crippen LogP contribution in [0, 0.1) is 11.8 Å². The van der Waals surface area contributed by atoms with Crippen molar-refractivity contribution in [3.8, 4) is 0 Å². The number of aromatic amines is 2. The summed E-state index contributed by atoms with van der Waals surface area (Å²) in [5.41, 5.74) is 5.95. The summed E-state index contributed by atoms with van der Waals surface area (Å²) in [6.45, 7) is 5.09. The average Bonchev–Trinajstić information content (AvgIpc) is 3.61. The van der Waals surface area contributed by atoms with E-state index in [0.717, 1.165) is 27.5 Å². The van der Waals surface area contributed by atoms with Crippen molar-refractivity contribution >= 4 is 33.6 Å². The number of ether oxygens (including phenoxy) is 1. The number of esters is 1. The molecule has 3 aromatic carbocycles. The average molecular weight is 532 g/mol. The van der Waals surface area contributed by atoms with Gasteiger partial charge in [0, 0.05) is 45.8 Å². The van der Waals surface area contributed by atoms with Crippen LogP contribution in [0.2, 0.25) is 0 Å². The molecule has 0 spiro atoms. The van der Waals surface area contributed by atoms with Crippen molar-refractivity contribution in [1.29, 1.82) is 0 Å². The topological polar surface area (TPSA) is 78.2 Å². The summed E-state index contributed by atoms with van der Waals surface area (Å²) in [5.74, 6) is -1.28. The van der Waals surface area contributed by atoms with Crippen LogP contribution >= 0.6 is 0 Å². The molecule has 202 valence electrons. The molecule has 4 heterocycles. The van der Waals surface area contributed by atoms with Crippen LogP contribution in [0.25, 0.3) is 21.8 Å². The summed E-state index contributed by atoms with van der Waals surface area (Å²) in [6, 6.07) is 25.9. The first-order chi connectivity index (χ1) is 19.4. The minimum Gasteiger partial charge on any atom is -0.461 e. The van der Waals surface area contributed by atoms with E-state index in [4.69, 9.17) is 4.74 Å². The van der Waals surface area contributed by atoms with Crippen molar-refractivity contribution in [2.24, 2.45) is 11.8 Å². The van der Waals surface area contributed by atoms with Crippen molar-refractivity contribution in [3.63, 3.8) is 0 Å². The summed E-state index contributed by atoms with van der Waals surface area (Å²) in [5, 5.41) is 2.26. The number of nitrogens with one attached hydrogen (secondary N) is 2. The monoisotopic (exact) mass is 531 g/mol. The van der Waals surface area contributed by atoms with Crippen molar-refractivity contribution in [2.75, 3.05) is 0 Å². The number of H-pyrrole nitrogens is 2. The highest BCUT2D eigenvalue weighted by Crippen LogP contribution is 2.47. The van der Waals surface area contributed by atoms with Gasteiger partial charge in [0.05, 0.1) is 17.9 Å². The number of hydrogen-bond acceptors (Lipinski definition) is 4. The number of Topliss-reactive ketones (excluding diaryl/α,β-unsaturated/α-hetero) is 1. The molecule has 3 atom stereocenters. The molecule has 5 aromatic rings. The number of carbonyl (C=O) groups excluding carboxylic acids is 2. The van der Waals surface area contributed by atoms with Gasteiger partial charge in [-0.25, -0.2) is 0 Å². The van der Waals surface area contributed by atoms with E-state index < -0.39 is 17.4 Å². The molecule has 40 heavy (non-hydrogen) atoms. The number of hydrogen-bond donors (Lipinski definition) is 2. The van der Waals surface area contributed by atoms with Crippen LogP contribution in [0.4, 0.5) is 0 Å². The molecular weight excluding hydrogens is 498 g/mol. The zero-order chi connectivity index (χ0) is 27.4. The molecule has 1 saturated heterocycles. The molecular formula is C34H33N3O3. The third kappa shape index (κ3) is 3.97. The SMILES string of the molecule is CC1(C)C([C@@H](Cc2c[nH]c3ccccc23)C(=O)OCc2ccccc2)C(=O)[C@@H]2Cc3c([nH]c4ccccc34)CN21. The number of nitrogens with zero attached hydrogens (tertiary/aromatic N) is 1. The van der Waals surface area contributed by atoms with Crippen LogP contribution in [-0.4, -0.2) is 38.2 Å². The zero-order valence-electron chi connectivity index (χ0n) is 22.8. The number of aromatic nitrogens is 2. The molecule has 1 fully saturated rings. The molecule has 2 aliphatic heterocycles. The number of fused-ring (bicyclic) bond motifs is 5. The lowest BCUT2D eigenvalue weighted by Gasteiger charge is -2.40. The summed E-state index contributed by atoms with van der Waals surface area (Å²) < 4.78 is 5.94. The number of para-hydroxylation sites is 2. The predicted molar refractivity (Wildman–Crippen MR) is 156 cm³/mol. The van der Waals surface area contributed by atoms with Crippen LogP contribution in [0.5, 0.6) is 0 Å². The molecule has 0 bridgehead atoms. The molecule has 7 rings (SSSR count). The highest BCUT2D eigenvalue weighted by atomic mass is 16.5. The highest BCUT2D eigenvalue weighted by Gasteiger charge is 2.58. The maximum atomic E-state index is 14.4. The second-order valence-electron chi connectivity index (χ2n) is 11.8. The van der Waals surface area contributed by atoms with Crippen LogP contribution in [0.3, 0.4) is 0 Å². The third-order valence-corrected chi connectivity index (χ3v) is 9.18. The van der Waals surface area contributed by atoms with Gasteiger partial charge in [0.15, 0.2) is 5.78 Å². The minimum absolute atomic E-state index is 0.141. The molecule has 0 aliphatic carbocycles. The van der Waals surface area contributed by atoms with Gasteiger partial charge in [-0.05, 0) is 55.5 Å². The van der Waals surface area contributed by atoms with E-state index in [0.29, 0.717) is 19.4 Å². The Morgan fingerprint density at radius 3 is 2.48 bits per heavy atom. The van der Waals surface area contributed by atoms with Crippen molar-refractivity contribution in [2.45, 2.75) is 51.4 Å². The van der Waals surface area contributed by atoms with Gasteiger partial charge in [-0.3, -0.25) is 14.5 Å². The molecule has 6 nitrogen and oxygen atoms in total.